The monoisotopic (exact) mass is 1390 g/mol. The summed E-state index contributed by atoms with van der Waals surface area (Å²) in [5, 5.41) is 60.9. The molecule has 548 valence electrons. The fraction of sp³-hybridized carbons (Fsp3) is 0.634. The molecular formula is C71H106N9O19+. The van der Waals surface area contributed by atoms with E-state index in [9.17, 15) is 44.7 Å². The average Bonchev–Trinajstić information content (AvgIpc) is 1.63. The number of amides is 4. The number of quaternary nitrogens is 1. The van der Waals surface area contributed by atoms with E-state index in [1.807, 2.05) is 67.8 Å². The second-order valence-electron chi connectivity index (χ2n) is 26.9. The van der Waals surface area contributed by atoms with Crippen molar-refractivity contribution in [1.82, 2.24) is 25.0 Å². The number of hydrogen-bond acceptors (Lipinski definition) is 18. The summed E-state index contributed by atoms with van der Waals surface area (Å²) in [6.45, 7) is 15.0. The van der Waals surface area contributed by atoms with Gasteiger partial charge in [0, 0.05) is 75.5 Å². The van der Waals surface area contributed by atoms with Gasteiger partial charge in [0.25, 0.3) is 5.91 Å². The van der Waals surface area contributed by atoms with Gasteiger partial charge in [0.1, 0.15) is 54.6 Å². The molecular weight excluding hydrogens is 1280 g/mol. The Labute approximate surface area is 580 Å². The van der Waals surface area contributed by atoms with Gasteiger partial charge in [0.2, 0.25) is 24.0 Å². The molecule has 3 aromatic carbocycles. The predicted octanol–water partition coefficient (Wildman–Crippen LogP) is 5.96. The van der Waals surface area contributed by atoms with E-state index >= 15 is 9.59 Å². The van der Waals surface area contributed by atoms with Crippen molar-refractivity contribution in [3.05, 3.63) is 106 Å². The zero-order valence-electron chi connectivity index (χ0n) is 59.4. The first-order valence-electron chi connectivity index (χ1n) is 34.2. The maximum atomic E-state index is 15.2. The van der Waals surface area contributed by atoms with Crippen LogP contribution in [0.1, 0.15) is 108 Å². The van der Waals surface area contributed by atoms with Crippen molar-refractivity contribution in [2.24, 2.45) is 28.8 Å². The number of rotatable bonds is 42. The number of aliphatic hydroxyl groups is 3. The lowest BCUT2D eigenvalue weighted by molar-refractivity contribution is -0.922. The Balaban J connectivity index is 1.20. The van der Waals surface area contributed by atoms with Crippen LogP contribution < -0.4 is 20.1 Å². The third-order valence-electron chi connectivity index (χ3n) is 18.9. The number of hydrogen-bond donors (Lipinski definition) is 7. The van der Waals surface area contributed by atoms with Gasteiger partial charge in [0.15, 0.2) is 6.04 Å². The van der Waals surface area contributed by atoms with Crippen molar-refractivity contribution in [3.8, 4) is 11.5 Å². The van der Waals surface area contributed by atoms with E-state index in [0.717, 1.165) is 11.1 Å². The van der Waals surface area contributed by atoms with Gasteiger partial charge in [-0.3, -0.25) is 19.2 Å². The molecule has 2 aliphatic heterocycles. The Morgan fingerprint density at radius 2 is 1.51 bits per heavy atom. The normalized spacial score (nSPS) is 19.7. The number of aliphatic carboxylic acids is 1. The highest BCUT2D eigenvalue weighted by atomic mass is 16.7. The summed E-state index contributed by atoms with van der Waals surface area (Å²) in [5.74, 6) is -4.87. The van der Waals surface area contributed by atoms with E-state index in [4.69, 9.17) is 43.4 Å². The molecule has 0 radical (unpaired) electrons. The largest absolute Gasteiger partial charge is 0.487 e. The number of nitrogens with one attached hydrogen (secondary N) is 2. The first-order chi connectivity index (χ1) is 47.2. The van der Waals surface area contributed by atoms with E-state index in [0.29, 0.717) is 53.8 Å². The van der Waals surface area contributed by atoms with Crippen molar-refractivity contribution in [3.63, 3.8) is 0 Å². The van der Waals surface area contributed by atoms with E-state index in [1.165, 1.54) is 14.2 Å². The number of likely N-dealkylation sites (tertiary alicyclic amines) is 1. The lowest BCUT2D eigenvalue weighted by atomic mass is 9.89. The number of nitrogens with zero attached hydrogens (tertiary/aromatic N) is 7. The number of ether oxygens (including phenoxy) is 8. The van der Waals surface area contributed by atoms with Gasteiger partial charge < -0.3 is 92.9 Å². The molecule has 2 fully saturated rings. The molecule has 99 heavy (non-hydrogen) atoms. The Bertz CT molecular complexity index is 3290. The van der Waals surface area contributed by atoms with Crippen LogP contribution in [0.4, 0.5) is 0 Å². The SMILES string of the molecule is CCC(C)[C@@H]([C@@H](CC(=O)N1CCC[C@H]1[C@H](OC)[C@@H](C)C(=O)NC(Cc1ccccc1)C(=O)O)OC)N(C)C(=O)[C@@H](NC(=O)[C@H](C(C)C)[N+](C)(C)Cc1ccc(OCc2ccc(O[C@H]3C[C@@H](O)[C@@H](O)[C@@H](CO)O3)cc2)c2c1cc(C(=O)O)n2CCOCCOCCOCCN=[N+]=[N-])C(C)C. The molecule has 0 saturated carbocycles. The minimum atomic E-state index is -1.26. The highest BCUT2D eigenvalue weighted by molar-refractivity contribution is 5.98. The fourth-order valence-corrected chi connectivity index (χ4v) is 13.6. The molecule has 0 aliphatic carbocycles. The van der Waals surface area contributed by atoms with E-state index in [2.05, 4.69) is 20.7 Å². The lowest BCUT2D eigenvalue weighted by Gasteiger charge is -2.42. The molecule has 28 heteroatoms. The molecule has 2 saturated heterocycles. The quantitative estimate of drug-likeness (QED) is 0.00884. The predicted molar refractivity (Wildman–Crippen MR) is 366 cm³/mol. The molecule has 6 rings (SSSR count). The Morgan fingerprint density at radius 1 is 0.838 bits per heavy atom. The van der Waals surface area contributed by atoms with Crippen molar-refractivity contribution in [2.45, 2.75) is 174 Å². The summed E-state index contributed by atoms with van der Waals surface area (Å²) in [4.78, 5) is 90.4. The highest BCUT2D eigenvalue weighted by Crippen LogP contribution is 2.36. The second kappa shape index (κ2) is 38.9. The lowest BCUT2D eigenvalue weighted by Crippen LogP contribution is -2.63. The summed E-state index contributed by atoms with van der Waals surface area (Å²) in [6.07, 6.45) is -4.22. The van der Waals surface area contributed by atoms with Crippen LogP contribution >= 0.6 is 0 Å². The third kappa shape index (κ3) is 22.0. The molecule has 0 bridgehead atoms. The maximum Gasteiger partial charge on any atom is 0.352 e. The number of fused-ring (bicyclic) bond motifs is 1. The number of aliphatic hydroxyl groups excluding tert-OH is 3. The summed E-state index contributed by atoms with van der Waals surface area (Å²) in [7, 11) is 8.48. The van der Waals surface area contributed by atoms with Gasteiger partial charge in [-0.25, -0.2) is 9.59 Å². The number of carboxylic acids is 2. The summed E-state index contributed by atoms with van der Waals surface area (Å²) in [5.41, 5.74) is 11.1. The van der Waals surface area contributed by atoms with Crippen LogP contribution in [0.15, 0.2) is 77.9 Å². The number of azide groups is 1. The molecule has 2 aliphatic rings. The van der Waals surface area contributed by atoms with Gasteiger partial charge in [-0.1, -0.05) is 102 Å². The number of benzene rings is 3. The summed E-state index contributed by atoms with van der Waals surface area (Å²) >= 11 is 0. The van der Waals surface area contributed by atoms with Crippen molar-refractivity contribution in [1.29, 1.82) is 0 Å². The summed E-state index contributed by atoms with van der Waals surface area (Å²) < 4.78 is 49.0. The topological polar surface area (TPSA) is 362 Å². The number of methoxy groups -OCH3 is 2. The average molecular weight is 1390 g/mol. The van der Waals surface area contributed by atoms with Gasteiger partial charge in [-0.05, 0) is 71.7 Å². The Morgan fingerprint density at radius 3 is 2.10 bits per heavy atom. The van der Waals surface area contributed by atoms with E-state index < -0.39 is 103 Å². The van der Waals surface area contributed by atoms with Crippen LogP contribution in [0.5, 0.6) is 11.5 Å². The van der Waals surface area contributed by atoms with Gasteiger partial charge in [-0.2, -0.15) is 0 Å². The fourth-order valence-electron chi connectivity index (χ4n) is 13.6. The van der Waals surface area contributed by atoms with Crippen LogP contribution in [-0.2, 0) is 78.5 Å². The van der Waals surface area contributed by atoms with Crippen LogP contribution in [0, 0.1) is 23.7 Å². The molecule has 3 heterocycles. The molecule has 1 aromatic heterocycles. The van der Waals surface area contributed by atoms with Crippen LogP contribution in [0.25, 0.3) is 21.3 Å². The molecule has 13 atom stereocenters. The summed E-state index contributed by atoms with van der Waals surface area (Å²) in [6, 6.07) is 17.0. The highest BCUT2D eigenvalue weighted by Gasteiger charge is 2.46. The van der Waals surface area contributed by atoms with Crippen LogP contribution in [0.3, 0.4) is 0 Å². The van der Waals surface area contributed by atoms with Gasteiger partial charge >= 0.3 is 11.9 Å². The molecule has 4 aromatic rings. The van der Waals surface area contributed by atoms with Gasteiger partial charge in [-0.15, -0.1) is 0 Å². The first kappa shape index (κ1) is 80.5. The number of carbonyl (C=O) groups is 6. The van der Waals surface area contributed by atoms with Crippen molar-refractivity contribution >= 4 is 46.5 Å². The number of likely N-dealkylation sites (N-methyl/N-ethyl adjacent to an activating group) is 2. The molecule has 2 unspecified atom stereocenters. The maximum absolute atomic E-state index is 15.2. The number of carboxylic acid groups (broad SMARTS) is 2. The Kier molecular flexibility index (Phi) is 31.7. The van der Waals surface area contributed by atoms with Crippen LogP contribution in [0.2, 0.25) is 0 Å². The zero-order chi connectivity index (χ0) is 72.7. The number of aromatic carboxylic acids is 1. The minimum Gasteiger partial charge on any atom is -0.487 e. The van der Waals surface area contributed by atoms with E-state index in [1.54, 1.807) is 89.0 Å². The molecule has 4 amide bonds. The van der Waals surface area contributed by atoms with Crippen LogP contribution in [-0.4, -0.2) is 242 Å². The van der Waals surface area contributed by atoms with E-state index in [-0.39, 0.29) is 125 Å². The number of carbonyl (C=O) groups excluding carboxylic acids is 4. The van der Waals surface area contributed by atoms with Gasteiger partial charge in [0.05, 0.1) is 109 Å². The molecule has 0 spiro atoms. The standard InChI is InChI=1S/C71H105N9O19/c1-13-45(6)62(57(92-11)39-59(83)78-28-17-20-53(78)66(93-12)46(7)67(85)74-52(70(88)89)36-47-18-15-14-16-19-47)77(8)69(87)61(43(2)3)75-68(86)64(44(4)5)80(9,10)40-49-23-26-56(97-42-48-21-24-50(25-22-48)98-60-38-55(82)65(84)58(41-81)99-60)63-51(49)37-54(71(90)91)79(63)29-31-95-33-35-96-34-32-94-30-27-73-76-72/h14-16,18-19,21-26,37,43-46,52-53,55,57-58,60-62,64-66,81-82,84H,13,17,20,27-36,38-42H2,1-12H3,(H3-,74,75,85,86,88,89,90,91)/p+1/t45?,46-,52?,53+,55-,57-,58-,60-,61+,62+,64+,65-,66-/m1/s1. The Hall–Kier alpha value is -7.47. The molecule has 7 N–H and O–H groups in total. The van der Waals surface area contributed by atoms with Crippen molar-refractivity contribution < 1.29 is 96.7 Å². The second-order valence-corrected chi connectivity index (χ2v) is 26.9. The third-order valence-corrected chi connectivity index (χ3v) is 18.9. The van der Waals surface area contributed by atoms with Crippen molar-refractivity contribution in [2.75, 3.05) is 94.7 Å². The first-order valence-corrected chi connectivity index (χ1v) is 34.2. The number of aromatic nitrogens is 1. The molecule has 28 nitrogen and oxygen atoms in total. The minimum absolute atomic E-state index is 0.0190. The smallest absolute Gasteiger partial charge is 0.352 e. The zero-order valence-corrected chi connectivity index (χ0v) is 59.4.